The summed E-state index contributed by atoms with van der Waals surface area (Å²) in [6.45, 7) is 8.94. The van der Waals surface area contributed by atoms with Crippen LogP contribution >= 0.6 is 0 Å². The summed E-state index contributed by atoms with van der Waals surface area (Å²) in [7, 11) is 0. The van der Waals surface area contributed by atoms with Gasteiger partial charge in [0.15, 0.2) is 0 Å². The van der Waals surface area contributed by atoms with Gasteiger partial charge in [0.2, 0.25) is 0 Å². The highest BCUT2D eigenvalue weighted by Crippen LogP contribution is 2.21. The van der Waals surface area contributed by atoms with Gasteiger partial charge in [-0.25, -0.2) is 0 Å². The van der Waals surface area contributed by atoms with Crippen molar-refractivity contribution in [1.29, 1.82) is 0 Å². The SMILES string of the molecule is CCNC1CCN(CCOC2CCCC2)C(C)C1. The number of likely N-dealkylation sites (tertiary alicyclic amines) is 1. The first-order valence-electron chi connectivity index (χ1n) is 7.88. The van der Waals surface area contributed by atoms with E-state index in [9.17, 15) is 0 Å². The molecule has 1 saturated heterocycles. The second kappa shape index (κ2) is 7.46. The van der Waals surface area contributed by atoms with Gasteiger partial charge in [-0.15, -0.1) is 0 Å². The Kier molecular flexibility index (Phi) is 5.93. The minimum atomic E-state index is 0.569. The van der Waals surface area contributed by atoms with Crippen LogP contribution < -0.4 is 5.32 Å². The van der Waals surface area contributed by atoms with Gasteiger partial charge in [0.1, 0.15) is 0 Å². The van der Waals surface area contributed by atoms with E-state index in [0.717, 1.165) is 25.7 Å². The third-order valence-electron chi connectivity index (χ3n) is 4.54. The number of piperidine rings is 1. The Labute approximate surface area is 112 Å². The van der Waals surface area contributed by atoms with Gasteiger partial charge in [-0.1, -0.05) is 19.8 Å². The quantitative estimate of drug-likeness (QED) is 0.788. The first-order chi connectivity index (χ1) is 8.79. The fourth-order valence-corrected chi connectivity index (χ4v) is 3.42. The van der Waals surface area contributed by atoms with Crippen molar-refractivity contribution in [3.05, 3.63) is 0 Å². The van der Waals surface area contributed by atoms with Gasteiger partial charge in [0.05, 0.1) is 12.7 Å². The lowest BCUT2D eigenvalue weighted by molar-refractivity contribution is 0.0259. The predicted octanol–water partition coefficient (Wildman–Crippen LogP) is 2.41. The van der Waals surface area contributed by atoms with E-state index in [4.69, 9.17) is 4.74 Å². The van der Waals surface area contributed by atoms with E-state index in [1.54, 1.807) is 0 Å². The Bertz CT molecular complexity index is 229. The van der Waals surface area contributed by atoms with Gasteiger partial charge < -0.3 is 10.1 Å². The number of ether oxygens (including phenoxy) is 1. The number of nitrogens with one attached hydrogen (secondary N) is 1. The molecule has 0 amide bonds. The van der Waals surface area contributed by atoms with Gasteiger partial charge in [-0.2, -0.15) is 0 Å². The van der Waals surface area contributed by atoms with Crippen LogP contribution in [0.25, 0.3) is 0 Å². The molecule has 3 heteroatoms. The molecule has 1 N–H and O–H groups in total. The summed E-state index contributed by atoms with van der Waals surface area (Å²) in [5, 5.41) is 3.58. The zero-order valence-corrected chi connectivity index (χ0v) is 12.2. The fourth-order valence-electron chi connectivity index (χ4n) is 3.42. The second-order valence-electron chi connectivity index (χ2n) is 5.94. The lowest BCUT2D eigenvalue weighted by atomic mass is 9.98. The fraction of sp³-hybridized carbons (Fsp3) is 1.00. The lowest BCUT2D eigenvalue weighted by Crippen LogP contribution is -2.48. The van der Waals surface area contributed by atoms with Crippen LogP contribution in [0.1, 0.15) is 52.4 Å². The summed E-state index contributed by atoms with van der Waals surface area (Å²) in [6.07, 6.45) is 8.47. The van der Waals surface area contributed by atoms with Crippen molar-refractivity contribution in [1.82, 2.24) is 10.2 Å². The van der Waals surface area contributed by atoms with Crippen molar-refractivity contribution >= 4 is 0 Å². The standard InChI is InChI=1S/C15H30N2O/c1-3-16-14-8-9-17(13(2)12-14)10-11-18-15-6-4-5-7-15/h13-16H,3-12H2,1-2H3. The monoisotopic (exact) mass is 254 g/mol. The average molecular weight is 254 g/mol. The Morgan fingerprint density at radius 2 is 2.00 bits per heavy atom. The summed E-state index contributed by atoms with van der Waals surface area (Å²) < 4.78 is 5.97. The van der Waals surface area contributed by atoms with Crippen molar-refractivity contribution in [3.8, 4) is 0 Å². The largest absolute Gasteiger partial charge is 0.377 e. The topological polar surface area (TPSA) is 24.5 Å². The zero-order valence-electron chi connectivity index (χ0n) is 12.2. The summed E-state index contributed by atoms with van der Waals surface area (Å²) in [4.78, 5) is 2.60. The minimum absolute atomic E-state index is 0.569. The van der Waals surface area contributed by atoms with Crippen LogP contribution in [0.5, 0.6) is 0 Å². The normalized spacial score (nSPS) is 31.0. The Balaban J connectivity index is 1.61. The highest BCUT2D eigenvalue weighted by Gasteiger charge is 2.24. The van der Waals surface area contributed by atoms with Gasteiger partial charge in [-0.05, 0) is 45.7 Å². The van der Waals surface area contributed by atoms with Gasteiger partial charge in [0.25, 0.3) is 0 Å². The maximum atomic E-state index is 5.97. The molecule has 2 unspecified atom stereocenters. The molecule has 3 nitrogen and oxygen atoms in total. The summed E-state index contributed by atoms with van der Waals surface area (Å²) in [6, 6.07) is 1.44. The predicted molar refractivity (Wildman–Crippen MR) is 75.9 cm³/mol. The van der Waals surface area contributed by atoms with Crippen molar-refractivity contribution in [2.75, 3.05) is 26.2 Å². The molecule has 0 aromatic heterocycles. The van der Waals surface area contributed by atoms with Gasteiger partial charge in [-0.3, -0.25) is 4.90 Å². The van der Waals surface area contributed by atoms with E-state index in [2.05, 4.69) is 24.1 Å². The van der Waals surface area contributed by atoms with Crippen LogP contribution in [0.3, 0.4) is 0 Å². The van der Waals surface area contributed by atoms with E-state index in [1.165, 1.54) is 45.1 Å². The smallest absolute Gasteiger partial charge is 0.0597 e. The maximum absolute atomic E-state index is 5.97. The van der Waals surface area contributed by atoms with Crippen LogP contribution in [-0.4, -0.2) is 49.3 Å². The molecule has 0 bridgehead atoms. The molecule has 2 atom stereocenters. The zero-order chi connectivity index (χ0) is 12.8. The van der Waals surface area contributed by atoms with Crippen LogP contribution in [0.4, 0.5) is 0 Å². The minimum Gasteiger partial charge on any atom is -0.377 e. The van der Waals surface area contributed by atoms with Crippen molar-refractivity contribution in [3.63, 3.8) is 0 Å². The molecule has 0 radical (unpaired) electrons. The molecule has 1 aliphatic carbocycles. The van der Waals surface area contributed by atoms with Crippen LogP contribution in [-0.2, 0) is 4.74 Å². The molecule has 2 aliphatic rings. The van der Waals surface area contributed by atoms with Gasteiger partial charge >= 0.3 is 0 Å². The Morgan fingerprint density at radius 3 is 2.67 bits per heavy atom. The highest BCUT2D eigenvalue weighted by molar-refractivity contribution is 4.82. The maximum Gasteiger partial charge on any atom is 0.0597 e. The summed E-state index contributed by atoms with van der Waals surface area (Å²) in [5.74, 6) is 0. The molecule has 1 aliphatic heterocycles. The average Bonchev–Trinajstić information content (AvgIpc) is 2.85. The lowest BCUT2D eigenvalue weighted by Gasteiger charge is -2.38. The van der Waals surface area contributed by atoms with Gasteiger partial charge in [0, 0.05) is 18.6 Å². The molecule has 2 rings (SSSR count). The molecule has 106 valence electrons. The van der Waals surface area contributed by atoms with Crippen LogP contribution in [0.2, 0.25) is 0 Å². The third-order valence-corrected chi connectivity index (χ3v) is 4.54. The van der Waals surface area contributed by atoms with E-state index in [1.807, 2.05) is 0 Å². The number of nitrogens with zero attached hydrogens (tertiary/aromatic N) is 1. The molecule has 2 fully saturated rings. The third kappa shape index (κ3) is 4.22. The molecular formula is C15H30N2O. The van der Waals surface area contributed by atoms with Crippen LogP contribution in [0, 0.1) is 0 Å². The summed E-state index contributed by atoms with van der Waals surface area (Å²) in [5.41, 5.74) is 0. The molecule has 1 heterocycles. The highest BCUT2D eigenvalue weighted by atomic mass is 16.5. The summed E-state index contributed by atoms with van der Waals surface area (Å²) >= 11 is 0. The molecular weight excluding hydrogens is 224 g/mol. The van der Waals surface area contributed by atoms with E-state index >= 15 is 0 Å². The van der Waals surface area contributed by atoms with Crippen molar-refractivity contribution in [2.24, 2.45) is 0 Å². The molecule has 0 spiro atoms. The number of rotatable bonds is 6. The van der Waals surface area contributed by atoms with Crippen molar-refractivity contribution in [2.45, 2.75) is 70.6 Å². The first kappa shape index (κ1) is 14.3. The molecule has 18 heavy (non-hydrogen) atoms. The van der Waals surface area contributed by atoms with E-state index in [0.29, 0.717) is 12.1 Å². The first-order valence-corrected chi connectivity index (χ1v) is 7.88. The number of hydrogen-bond donors (Lipinski definition) is 1. The second-order valence-corrected chi connectivity index (χ2v) is 5.94. The van der Waals surface area contributed by atoms with Crippen molar-refractivity contribution < 1.29 is 4.74 Å². The molecule has 1 saturated carbocycles. The van der Waals surface area contributed by atoms with E-state index in [-0.39, 0.29) is 0 Å². The Morgan fingerprint density at radius 1 is 1.22 bits per heavy atom. The number of hydrogen-bond acceptors (Lipinski definition) is 3. The van der Waals surface area contributed by atoms with Crippen LogP contribution in [0.15, 0.2) is 0 Å². The Hall–Kier alpha value is -0.120. The molecule has 0 aromatic rings. The van der Waals surface area contributed by atoms with E-state index < -0.39 is 0 Å². The molecule has 0 aromatic carbocycles.